The topological polar surface area (TPSA) is 31.2 Å². The fourth-order valence-corrected chi connectivity index (χ4v) is 3.01. The Morgan fingerprint density at radius 3 is 1.35 bits per heavy atom. The maximum atomic E-state index is 6.01. The van der Waals surface area contributed by atoms with E-state index in [1.165, 1.54) is 0 Å². The highest BCUT2D eigenvalue weighted by Gasteiger charge is 2.13. The first-order chi connectivity index (χ1) is 12.5. The number of hydrogen-bond donors (Lipinski definition) is 0. The molecule has 0 spiro atoms. The van der Waals surface area contributed by atoms with Gasteiger partial charge in [0.1, 0.15) is 0 Å². The predicted molar refractivity (Wildman–Crippen MR) is 111 cm³/mol. The van der Waals surface area contributed by atoms with Gasteiger partial charge in [0.15, 0.2) is 0 Å². The summed E-state index contributed by atoms with van der Waals surface area (Å²) in [5, 5.41) is 15.1. The summed E-state index contributed by atoms with van der Waals surface area (Å²) in [6.07, 6.45) is 3.58. The molecule has 0 saturated carbocycles. The molecule has 136 valence electrons. The number of piperazine rings is 1. The van der Waals surface area contributed by atoms with E-state index >= 15 is 0 Å². The van der Waals surface area contributed by atoms with Crippen molar-refractivity contribution in [3.63, 3.8) is 0 Å². The highest BCUT2D eigenvalue weighted by Crippen LogP contribution is 2.22. The molecule has 1 aliphatic heterocycles. The number of nitrogens with zero attached hydrogens (tertiary/aromatic N) is 4. The predicted octanol–water partition coefficient (Wildman–Crippen LogP) is 5.29. The highest BCUT2D eigenvalue weighted by molar-refractivity contribution is 6.42. The normalized spacial score (nSPS) is 15.4. The van der Waals surface area contributed by atoms with Crippen molar-refractivity contribution in [2.75, 3.05) is 26.2 Å². The minimum atomic E-state index is 0.525. The van der Waals surface area contributed by atoms with Crippen molar-refractivity contribution < 1.29 is 0 Å². The molecule has 1 fully saturated rings. The van der Waals surface area contributed by atoms with Gasteiger partial charge in [-0.25, -0.2) is 0 Å². The van der Waals surface area contributed by atoms with E-state index in [0.29, 0.717) is 20.1 Å². The molecule has 0 amide bonds. The molecule has 1 heterocycles. The van der Waals surface area contributed by atoms with Crippen LogP contribution < -0.4 is 0 Å². The van der Waals surface area contributed by atoms with Crippen molar-refractivity contribution in [3.8, 4) is 0 Å². The van der Waals surface area contributed by atoms with Crippen molar-refractivity contribution in [2.45, 2.75) is 0 Å². The van der Waals surface area contributed by atoms with Gasteiger partial charge in [-0.3, -0.25) is 10.0 Å². The molecule has 0 bridgehead atoms. The molecule has 0 N–H and O–H groups in total. The van der Waals surface area contributed by atoms with Crippen molar-refractivity contribution in [3.05, 3.63) is 67.6 Å². The molecule has 0 unspecified atom stereocenters. The largest absolute Gasteiger partial charge is 0.293 e. The summed E-state index contributed by atoms with van der Waals surface area (Å²) in [5.74, 6) is 0. The first-order valence-corrected chi connectivity index (χ1v) is 9.50. The molecule has 0 radical (unpaired) electrons. The van der Waals surface area contributed by atoms with Gasteiger partial charge in [0, 0.05) is 0 Å². The van der Waals surface area contributed by atoms with Gasteiger partial charge >= 0.3 is 0 Å². The first kappa shape index (κ1) is 19.3. The first-order valence-electron chi connectivity index (χ1n) is 7.99. The van der Waals surface area contributed by atoms with Crippen molar-refractivity contribution in [1.82, 2.24) is 10.0 Å². The average Bonchev–Trinajstić information content (AvgIpc) is 2.64. The van der Waals surface area contributed by atoms with Crippen LogP contribution in [0.15, 0.2) is 46.6 Å². The maximum absolute atomic E-state index is 6.01. The lowest BCUT2D eigenvalue weighted by Crippen LogP contribution is -2.41. The van der Waals surface area contributed by atoms with Crippen LogP contribution in [-0.2, 0) is 0 Å². The molecule has 1 aliphatic rings. The Hall–Kier alpha value is -1.46. The van der Waals surface area contributed by atoms with Crippen LogP contribution in [-0.4, -0.2) is 48.6 Å². The van der Waals surface area contributed by atoms with E-state index < -0.39 is 0 Å². The fraction of sp³-hybridized carbons (Fsp3) is 0.222. The van der Waals surface area contributed by atoms with Gasteiger partial charge in [0.2, 0.25) is 0 Å². The summed E-state index contributed by atoms with van der Waals surface area (Å²) < 4.78 is 0. The summed E-state index contributed by atoms with van der Waals surface area (Å²) in [4.78, 5) is 0. The molecule has 2 aromatic rings. The zero-order valence-corrected chi connectivity index (χ0v) is 16.8. The van der Waals surface area contributed by atoms with E-state index in [1.807, 2.05) is 22.2 Å². The lowest BCUT2D eigenvalue weighted by Gasteiger charge is -2.31. The van der Waals surface area contributed by atoms with E-state index in [1.54, 1.807) is 36.7 Å². The monoisotopic (exact) mass is 428 g/mol. The second-order valence-corrected chi connectivity index (χ2v) is 7.37. The number of rotatable bonds is 4. The third-order valence-electron chi connectivity index (χ3n) is 3.86. The van der Waals surface area contributed by atoms with Gasteiger partial charge < -0.3 is 0 Å². The van der Waals surface area contributed by atoms with E-state index in [2.05, 4.69) is 10.2 Å². The summed E-state index contributed by atoms with van der Waals surface area (Å²) in [6.45, 7) is 3.15. The van der Waals surface area contributed by atoms with Crippen LogP contribution in [0.25, 0.3) is 0 Å². The molecule has 2 aromatic carbocycles. The van der Waals surface area contributed by atoms with E-state index in [0.717, 1.165) is 37.3 Å². The van der Waals surface area contributed by atoms with Crippen LogP contribution >= 0.6 is 46.4 Å². The number of halogens is 4. The Kier molecular flexibility index (Phi) is 6.65. The quantitative estimate of drug-likeness (QED) is 0.618. The maximum Gasteiger partial charge on any atom is 0.0598 e. The molecule has 0 aromatic heterocycles. The molecule has 0 aliphatic carbocycles. The van der Waals surface area contributed by atoms with Crippen LogP contribution in [0.2, 0.25) is 20.1 Å². The molecule has 1 saturated heterocycles. The van der Waals surface area contributed by atoms with Gasteiger partial charge in [-0.2, -0.15) is 10.2 Å². The number of benzene rings is 2. The van der Waals surface area contributed by atoms with Crippen LogP contribution in [0.1, 0.15) is 11.1 Å². The van der Waals surface area contributed by atoms with Crippen LogP contribution in [0.3, 0.4) is 0 Å². The van der Waals surface area contributed by atoms with Gasteiger partial charge in [-0.15, -0.1) is 0 Å². The lowest BCUT2D eigenvalue weighted by atomic mass is 10.2. The van der Waals surface area contributed by atoms with Crippen LogP contribution in [0.4, 0.5) is 0 Å². The van der Waals surface area contributed by atoms with Crippen molar-refractivity contribution in [2.24, 2.45) is 10.2 Å². The molecule has 3 rings (SSSR count). The zero-order valence-electron chi connectivity index (χ0n) is 13.7. The molecule has 26 heavy (non-hydrogen) atoms. The summed E-state index contributed by atoms with van der Waals surface area (Å²) in [7, 11) is 0. The Bertz CT molecular complexity index is 760. The van der Waals surface area contributed by atoms with Crippen molar-refractivity contribution >= 4 is 58.8 Å². The summed E-state index contributed by atoms with van der Waals surface area (Å²) in [6, 6.07) is 10.9. The Balaban J connectivity index is 1.52. The molecular formula is C18H16Cl4N4. The second-order valence-electron chi connectivity index (χ2n) is 5.74. The zero-order chi connectivity index (χ0) is 18.5. The SMILES string of the molecule is Clc1ccc(/C=N\N2CCN(/N=C/c3ccc(Cl)c(Cl)c3)CC2)cc1Cl. The summed E-state index contributed by atoms with van der Waals surface area (Å²) in [5.41, 5.74) is 1.83. The standard InChI is InChI=1S/C18H16Cl4N4/c19-15-3-1-13(9-17(15)21)11-23-25-5-7-26(8-6-25)24-12-14-2-4-16(20)18(22)10-14/h1-4,9-12H,5-8H2/b23-11-,24-12+. The van der Waals surface area contributed by atoms with Crippen LogP contribution in [0.5, 0.6) is 0 Å². The molecular weight excluding hydrogens is 414 g/mol. The van der Waals surface area contributed by atoms with Gasteiger partial charge in [0.25, 0.3) is 0 Å². The number of hydrazone groups is 2. The Morgan fingerprint density at radius 1 is 0.615 bits per heavy atom. The third kappa shape index (κ3) is 5.27. The Morgan fingerprint density at radius 2 is 1.00 bits per heavy atom. The average molecular weight is 430 g/mol. The number of hydrogen-bond acceptors (Lipinski definition) is 4. The van der Waals surface area contributed by atoms with Crippen molar-refractivity contribution in [1.29, 1.82) is 0 Å². The van der Waals surface area contributed by atoms with E-state index in [-0.39, 0.29) is 0 Å². The summed E-state index contributed by atoms with van der Waals surface area (Å²) >= 11 is 23.9. The molecule has 8 heteroatoms. The van der Waals surface area contributed by atoms with E-state index in [4.69, 9.17) is 46.4 Å². The fourth-order valence-electron chi connectivity index (χ4n) is 2.40. The highest BCUT2D eigenvalue weighted by atomic mass is 35.5. The minimum absolute atomic E-state index is 0.525. The van der Waals surface area contributed by atoms with Gasteiger partial charge in [-0.05, 0) is 35.4 Å². The third-order valence-corrected chi connectivity index (χ3v) is 5.34. The Labute approximate surface area is 172 Å². The lowest BCUT2D eigenvalue weighted by molar-refractivity contribution is 0.141. The van der Waals surface area contributed by atoms with Gasteiger partial charge in [0.05, 0.1) is 58.7 Å². The second kappa shape index (κ2) is 8.96. The van der Waals surface area contributed by atoms with E-state index in [9.17, 15) is 0 Å². The minimum Gasteiger partial charge on any atom is -0.293 e. The van der Waals surface area contributed by atoms with Gasteiger partial charge in [-0.1, -0.05) is 58.5 Å². The van der Waals surface area contributed by atoms with Crippen LogP contribution in [0, 0.1) is 0 Å². The molecule has 4 nitrogen and oxygen atoms in total. The molecule has 0 atom stereocenters. The smallest absolute Gasteiger partial charge is 0.0598 e.